The van der Waals surface area contributed by atoms with Crippen LogP contribution < -0.4 is 10.1 Å². The van der Waals surface area contributed by atoms with E-state index >= 15 is 0 Å². The van der Waals surface area contributed by atoms with Crippen LogP contribution in [-0.2, 0) is 0 Å². The van der Waals surface area contributed by atoms with E-state index in [0.717, 1.165) is 27.0 Å². The molecule has 0 heterocycles. The molecular weight excluding hydrogens is 342 g/mol. The molecule has 116 valence electrons. The maximum atomic E-state index is 12.6. The lowest BCUT2D eigenvalue weighted by molar-refractivity contribution is 0.102. The molecule has 2 rings (SSSR count). The fourth-order valence-corrected chi connectivity index (χ4v) is 2.73. The minimum atomic E-state index is -0.111. The van der Waals surface area contributed by atoms with Gasteiger partial charge in [0.05, 0.1) is 7.11 Å². The van der Waals surface area contributed by atoms with Gasteiger partial charge in [0.25, 0.3) is 5.91 Å². The Morgan fingerprint density at radius 1 is 1.23 bits per heavy atom. The second-order valence-electron chi connectivity index (χ2n) is 5.53. The number of methoxy groups -OCH3 is 1. The van der Waals surface area contributed by atoms with Crippen molar-refractivity contribution in [2.45, 2.75) is 26.7 Å². The Morgan fingerprint density at radius 2 is 1.95 bits per heavy atom. The number of amides is 1. The van der Waals surface area contributed by atoms with Gasteiger partial charge in [0.15, 0.2) is 0 Å². The highest BCUT2D eigenvalue weighted by molar-refractivity contribution is 9.10. The van der Waals surface area contributed by atoms with Gasteiger partial charge < -0.3 is 10.1 Å². The Hall–Kier alpha value is -1.81. The zero-order valence-electron chi connectivity index (χ0n) is 13.2. The van der Waals surface area contributed by atoms with Crippen molar-refractivity contribution >= 4 is 27.5 Å². The maximum absolute atomic E-state index is 12.6. The number of hydrogen-bond donors (Lipinski definition) is 1. The van der Waals surface area contributed by atoms with Crippen LogP contribution in [0.15, 0.2) is 40.9 Å². The number of aryl methyl sites for hydroxylation is 1. The predicted octanol–water partition coefficient (Wildman–Crippen LogP) is 5.14. The molecule has 0 aliphatic carbocycles. The van der Waals surface area contributed by atoms with Gasteiger partial charge in [-0.2, -0.15) is 0 Å². The van der Waals surface area contributed by atoms with Gasteiger partial charge in [-0.15, -0.1) is 0 Å². The van der Waals surface area contributed by atoms with Crippen LogP contribution >= 0.6 is 15.9 Å². The average molecular weight is 362 g/mol. The normalized spacial score (nSPS) is 10.6. The predicted molar refractivity (Wildman–Crippen MR) is 93.9 cm³/mol. The zero-order chi connectivity index (χ0) is 16.3. The molecular formula is C18H20BrNO2. The molecule has 4 heteroatoms. The first-order valence-electron chi connectivity index (χ1n) is 7.17. The second-order valence-corrected chi connectivity index (χ2v) is 6.44. The van der Waals surface area contributed by atoms with Crippen molar-refractivity contribution < 1.29 is 9.53 Å². The molecule has 2 aromatic carbocycles. The summed E-state index contributed by atoms with van der Waals surface area (Å²) in [4.78, 5) is 12.6. The molecule has 0 fully saturated rings. The van der Waals surface area contributed by atoms with Crippen LogP contribution in [0.1, 0.15) is 41.3 Å². The number of carbonyl (C=O) groups excluding carboxylic acids is 1. The van der Waals surface area contributed by atoms with Crippen LogP contribution in [0.4, 0.5) is 5.69 Å². The topological polar surface area (TPSA) is 38.3 Å². The number of hydrogen-bond acceptors (Lipinski definition) is 2. The van der Waals surface area contributed by atoms with E-state index in [9.17, 15) is 4.79 Å². The van der Waals surface area contributed by atoms with Crippen LogP contribution in [-0.4, -0.2) is 13.0 Å². The number of halogens is 1. The molecule has 0 aromatic heterocycles. The Kier molecular flexibility index (Phi) is 5.24. The molecule has 22 heavy (non-hydrogen) atoms. The number of benzene rings is 2. The lowest BCUT2D eigenvalue weighted by Crippen LogP contribution is -2.14. The van der Waals surface area contributed by atoms with Crippen molar-refractivity contribution in [2.75, 3.05) is 12.4 Å². The Morgan fingerprint density at radius 3 is 2.55 bits per heavy atom. The summed E-state index contributed by atoms with van der Waals surface area (Å²) in [6.45, 7) is 6.09. The molecule has 0 spiro atoms. The summed E-state index contributed by atoms with van der Waals surface area (Å²) in [5.74, 6) is 1.000. The van der Waals surface area contributed by atoms with Crippen LogP contribution in [0.5, 0.6) is 5.75 Å². The highest BCUT2D eigenvalue weighted by Crippen LogP contribution is 2.30. The van der Waals surface area contributed by atoms with E-state index < -0.39 is 0 Å². The molecule has 0 bridgehead atoms. The van der Waals surface area contributed by atoms with Gasteiger partial charge in [0.2, 0.25) is 0 Å². The lowest BCUT2D eigenvalue weighted by Gasteiger charge is -2.16. The van der Waals surface area contributed by atoms with E-state index in [2.05, 4.69) is 35.1 Å². The van der Waals surface area contributed by atoms with Crippen LogP contribution in [0.3, 0.4) is 0 Å². The largest absolute Gasteiger partial charge is 0.496 e. The summed E-state index contributed by atoms with van der Waals surface area (Å²) in [6.07, 6.45) is 0. The molecule has 0 saturated carbocycles. The van der Waals surface area contributed by atoms with Gasteiger partial charge in [-0.1, -0.05) is 35.8 Å². The molecule has 3 nitrogen and oxygen atoms in total. The van der Waals surface area contributed by atoms with E-state index in [-0.39, 0.29) is 11.8 Å². The Bertz CT molecular complexity index is 695. The van der Waals surface area contributed by atoms with Crippen molar-refractivity contribution in [1.82, 2.24) is 0 Å². The highest BCUT2D eigenvalue weighted by Gasteiger charge is 2.16. The third-order valence-corrected chi connectivity index (χ3v) is 4.02. The summed E-state index contributed by atoms with van der Waals surface area (Å²) in [5, 5.41) is 2.93. The summed E-state index contributed by atoms with van der Waals surface area (Å²) in [5.41, 5.74) is 3.37. The molecule has 2 aromatic rings. The van der Waals surface area contributed by atoms with Crippen molar-refractivity contribution in [2.24, 2.45) is 0 Å². The van der Waals surface area contributed by atoms with Crippen LogP contribution in [0.2, 0.25) is 0 Å². The van der Waals surface area contributed by atoms with Gasteiger partial charge in [0.1, 0.15) is 5.75 Å². The monoisotopic (exact) mass is 361 g/mol. The van der Waals surface area contributed by atoms with Crippen LogP contribution in [0.25, 0.3) is 0 Å². The molecule has 0 atom stereocenters. The SMILES string of the molecule is COc1cc(C)c(C(=O)Nc2cccc(Br)c2)cc1C(C)C. The average Bonchev–Trinajstić information content (AvgIpc) is 2.46. The van der Waals surface area contributed by atoms with Crippen LogP contribution in [0, 0.1) is 6.92 Å². The smallest absolute Gasteiger partial charge is 0.255 e. The Labute approximate surface area is 139 Å². The molecule has 0 unspecified atom stereocenters. The van der Waals surface area contributed by atoms with Crippen molar-refractivity contribution in [3.8, 4) is 5.75 Å². The summed E-state index contributed by atoms with van der Waals surface area (Å²) >= 11 is 3.40. The third kappa shape index (κ3) is 3.69. The van der Waals surface area contributed by atoms with Crippen molar-refractivity contribution in [3.63, 3.8) is 0 Å². The number of ether oxygens (including phenoxy) is 1. The Balaban J connectivity index is 2.35. The fraction of sp³-hybridized carbons (Fsp3) is 0.278. The second kappa shape index (κ2) is 6.97. The van der Waals surface area contributed by atoms with Gasteiger partial charge in [-0.05, 0) is 54.3 Å². The number of rotatable bonds is 4. The molecule has 1 N–H and O–H groups in total. The number of carbonyl (C=O) groups is 1. The lowest BCUT2D eigenvalue weighted by atomic mass is 9.96. The zero-order valence-corrected chi connectivity index (χ0v) is 14.8. The van der Waals surface area contributed by atoms with Gasteiger partial charge in [-0.25, -0.2) is 0 Å². The molecule has 0 radical (unpaired) electrons. The quantitative estimate of drug-likeness (QED) is 0.818. The first-order valence-corrected chi connectivity index (χ1v) is 7.97. The van der Waals surface area contributed by atoms with E-state index in [0.29, 0.717) is 5.56 Å². The standard InChI is InChI=1S/C18H20BrNO2/c1-11(2)15-10-16(12(3)8-17(15)22-4)18(21)20-14-7-5-6-13(19)9-14/h5-11H,1-4H3,(H,20,21). The molecule has 0 saturated heterocycles. The first-order chi connectivity index (χ1) is 10.4. The minimum Gasteiger partial charge on any atom is -0.496 e. The van der Waals surface area contributed by atoms with Gasteiger partial charge in [0, 0.05) is 15.7 Å². The van der Waals surface area contributed by atoms with E-state index in [4.69, 9.17) is 4.74 Å². The number of anilines is 1. The van der Waals surface area contributed by atoms with Gasteiger partial charge >= 0.3 is 0 Å². The summed E-state index contributed by atoms with van der Waals surface area (Å²) < 4.78 is 6.35. The molecule has 0 aliphatic rings. The molecule has 1 amide bonds. The summed E-state index contributed by atoms with van der Waals surface area (Å²) in [6, 6.07) is 11.4. The number of nitrogens with one attached hydrogen (secondary N) is 1. The van der Waals surface area contributed by atoms with E-state index in [1.54, 1.807) is 7.11 Å². The van der Waals surface area contributed by atoms with Crippen molar-refractivity contribution in [3.05, 3.63) is 57.6 Å². The third-order valence-electron chi connectivity index (χ3n) is 3.53. The first kappa shape index (κ1) is 16.6. The maximum Gasteiger partial charge on any atom is 0.255 e. The minimum absolute atomic E-state index is 0.111. The summed E-state index contributed by atoms with van der Waals surface area (Å²) in [7, 11) is 1.65. The highest BCUT2D eigenvalue weighted by atomic mass is 79.9. The van der Waals surface area contributed by atoms with E-state index in [1.165, 1.54) is 0 Å². The molecule has 0 aliphatic heterocycles. The fourth-order valence-electron chi connectivity index (χ4n) is 2.34. The van der Waals surface area contributed by atoms with Crippen molar-refractivity contribution in [1.29, 1.82) is 0 Å². The van der Waals surface area contributed by atoms with Gasteiger partial charge in [-0.3, -0.25) is 4.79 Å². The van der Waals surface area contributed by atoms with E-state index in [1.807, 2.05) is 43.3 Å².